The van der Waals surface area contributed by atoms with Crippen molar-refractivity contribution in [1.82, 2.24) is 4.98 Å². The lowest BCUT2D eigenvalue weighted by molar-refractivity contribution is -0.137. The fourth-order valence-corrected chi connectivity index (χ4v) is 5.26. The van der Waals surface area contributed by atoms with Gasteiger partial charge >= 0.3 is 12.1 Å². The molecule has 1 N–H and O–H groups in total. The number of esters is 1. The Kier molecular flexibility index (Phi) is 6.09. The van der Waals surface area contributed by atoms with Crippen LogP contribution in [0, 0.1) is 6.92 Å². The van der Waals surface area contributed by atoms with Crippen LogP contribution in [0.3, 0.4) is 0 Å². The molecule has 0 saturated heterocycles. The molecule has 0 radical (unpaired) electrons. The first-order valence-corrected chi connectivity index (χ1v) is 12.1. The summed E-state index contributed by atoms with van der Waals surface area (Å²) in [6, 6.07) is 13.8. The van der Waals surface area contributed by atoms with Gasteiger partial charge in [-0.25, -0.2) is 18.2 Å². The second kappa shape index (κ2) is 8.73. The molecular weight excluding hydrogens is 489 g/mol. The van der Waals surface area contributed by atoms with E-state index in [2.05, 4.69) is 14.4 Å². The number of aryl methyl sites for hydroxylation is 1. The molecule has 0 saturated carbocycles. The number of alkyl halides is 3. The van der Waals surface area contributed by atoms with Crippen molar-refractivity contribution in [3.8, 4) is 10.6 Å². The summed E-state index contributed by atoms with van der Waals surface area (Å²) < 4.78 is 72.2. The fraction of sp³-hybridized carbons (Fsp3) is 0.130. The van der Waals surface area contributed by atoms with Gasteiger partial charge in [0, 0.05) is 11.3 Å². The zero-order chi connectivity index (χ0) is 24.7. The number of rotatable bonds is 5. The monoisotopic (exact) mass is 506 g/mol. The first kappa shape index (κ1) is 23.7. The molecule has 176 valence electrons. The molecule has 6 nitrogen and oxygen atoms in total. The lowest BCUT2D eigenvalue weighted by Gasteiger charge is -2.11. The van der Waals surface area contributed by atoms with E-state index < -0.39 is 27.7 Å². The molecule has 0 aliphatic rings. The van der Waals surface area contributed by atoms with Crippen LogP contribution < -0.4 is 4.72 Å². The highest BCUT2D eigenvalue weighted by Gasteiger charge is 2.30. The van der Waals surface area contributed by atoms with Crippen LogP contribution in [0.25, 0.3) is 20.8 Å². The summed E-state index contributed by atoms with van der Waals surface area (Å²) in [7, 11) is -2.78. The van der Waals surface area contributed by atoms with Crippen LogP contribution in [-0.4, -0.2) is 26.5 Å². The molecule has 0 atom stereocenters. The normalized spacial score (nSPS) is 12.0. The number of anilines is 1. The molecule has 0 aliphatic heterocycles. The maximum Gasteiger partial charge on any atom is 0.416 e. The molecule has 4 aromatic rings. The number of hydrogen-bond acceptors (Lipinski definition) is 6. The highest BCUT2D eigenvalue weighted by molar-refractivity contribution is 7.92. The van der Waals surface area contributed by atoms with Crippen LogP contribution >= 0.6 is 11.3 Å². The number of methoxy groups -OCH3 is 1. The maximum absolute atomic E-state index is 12.9. The van der Waals surface area contributed by atoms with Gasteiger partial charge in [-0.2, -0.15) is 13.2 Å². The third-order valence-corrected chi connectivity index (χ3v) is 7.49. The predicted octanol–water partition coefficient (Wildman–Crippen LogP) is 5.88. The number of ether oxygens (including phenoxy) is 1. The summed E-state index contributed by atoms with van der Waals surface area (Å²) in [5.74, 6) is -0.642. The molecule has 4 rings (SSSR count). The van der Waals surface area contributed by atoms with Gasteiger partial charge in [0.2, 0.25) is 0 Å². The van der Waals surface area contributed by atoms with E-state index in [1.54, 1.807) is 19.1 Å². The minimum Gasteiger partial charge on any atom is -0.465 e. The van der Waals surface area contributed by atoms with Crippen molar-refractivity contribution < 1.29 is 31.1 Å². The fourth-order valence-electron chi connectivity index (χ4n) is 3.22. The Morgan fingerprint density at radius 1 is 1.03 bits per heavy atom. The van der Waals surface area contributed by atoms with Crippen LogP contribution in [-0.2, 0) is 20.9 Å². The Morgan fingerprint density at radius 3 is 2.38 bits per heavy atom. The average Bonchev–Trinajstić information content (AvgIpc) is 3.22. The molecule has 0 fully saturated rings. The SMILES string of the molecule is COC(=O)c1cc(S(=O)(=O)Nc2ccc(-c3nc4cc(C(F)(F)F)ccc4s3)cc2)ccc1C. The van der Waals surface area contributed by atoms with E-state index in [0.717, 1.165) is 12.1 Å². The largest absolute Gasteiger partial charge is 0.465 e. The number of benzene rings is 3. The first-order chi connectivity index (χ1) is 16.0. The average molecular weight is 507 g/mol. The molecular formula is C23H17F3N2O4S2. The zero-order valence-electron chi connectivity index (χ0n) is 17.8. The number of halogens is 3. The summed E-state index contributed by atoms with van der Waals surface area (Å²) in [6.45, 7) is 1.67. The van der Waals surface area contributed by atoms with Crippen molar-refractivity contribution in [1.29, 1.82) is 0 Å². The lowest BCUT2D eigenvalue weighted by atomic mass is 10.1. The van der Waals surface area contributed by atoms with Gasteiger partial charge in [-0.05, 0) is 67.1 Å². The molecule has 3 aromatic carbocycles. The van der Waals surface area contributed by atoms with Gasteiger partial charge in [-0.3, -0.25) is 4.72 Å². The Bertz CT molecular complexity index is 1500. The summed E-state index contributed by atoms with van der Waals surface area (Å²) in [5.41, 5.74) is 1.08. The zero-order valence-corrected chi connectivity index (χ0v) is 19.4. The predicted molar refractivity (Wildman–Crippen MR) is 123 cm³/mol. The summed E-state index contributed by atoms with van der Waals surface area (Å²) in [4.78, 5) is 16.1. The summed E-state index contributed by atoms with van der Waals surface area (Å²) >= 11 is 1.23. The third-order valence-electron chi connectivity index (χ3n) is 5.02. The van der Waals surface area contributed by atoms with E-state index in [-0.39, 0.29) is 21.7 Å². The molecule has 11 heteroatoms. The first-order valence-electron chi connectivity index (χ1n) is 9.78. The van der Waals surface area contributed by atoms with Crippen molar-refractivity contribution in [2.24, 2.45) is 0 Å². The molecule has 34 heavy (non-hydrogen) atoms. The topological polar surface area (TPSA) is 85.4 Å². The van der Waals surface area contributed by atoms with Gasteiger partial charge in [0.25, 0.3) is 10.0 Å². The quantitative estimate of drug-likeness (QED) is 0.342. The number of hydrogen-bond donors (Lipinski definition) is 1. The summed E-state index contributed by atoms with van der Waals surface area (Å²) in [5, 5.41) is 0.505. The van der Waals surface area contributed by atoms with Gasteiger partial charge in [0.1, 0.15) is 5.01 Å². The minimum absolute atomic E-state index is 0.103. The number of carbonyl (C=O) groups is 1. The van der Waals surface area contributed by atoms with E-state index in [0.29, 0.717) is 20.8 Å². The van der Waals surface area contributed by atoms with Gasteiger partial charge in [-0.15, -0.1) is 11.3 Å². The van der Waals surface area contributed by atoms with E-state index in [4.69, 9.17) is 0 Å². The van der Waals surface area contributed by atoms with Crippen molar-refractivity contribution in [3.63, 3.8) is 0 Å². The molecule has 0 bridgehead atoms. The highest BCUT2D eigenvalue weighted by atomic mass is 32.2. The second-order valence-corrected chi connectivity index (χ2v) is 10.1. The van der Waals surface area contributed by atoms with E-state index in [1.165, 1.54) is 54.8 Å². The number of thiazole rings is 1. The number of carbonyl (C=O) groups excluding carboxylic acids is 1. The lowest BCUT2D eigenvalue weighted by Crippen LogP contribution is -2.14. The van der Waals surface area contributed by atoms with Crippen molar-refractivity contribution in [2.75, 3.05) is 11.8 Å². The van der Waals surface area contributed by atoms with Gasteiger partial charge < -0.3 is 4.74 Å². The number of fused-ring (bicyclic) bond motifs is 1. The molecule has 0 aliphatic carbocycles. The molecule has 1 heterocycles. The second-order valence-electron chi connectivity index (χ2n) is 7.35. The Morgan fingerprint density at radius 2 is 1.74 bits per heavy atom. The molecule has 1 aromatic heterocycles. The van der Waals surface area contributed by atoms with E-state index >= 15 is 0 Å². The van der Waals surface area contributed by atoms with E-state index in [1.807, 2.05) is 0 Å². The Hall–Kier alpha value is -3.44. The van der Waals surface area contributed by atoms with Crippen LogP contribution in [0.15, 0.2) is 65.6 Å². The number of aromatic nitrogens is 1. The van der Waals surface area contributed by atoms with Gasteiger partial charge in [-0.1, -0.05) is 6.07 Å². The molecule has 0 unspecified atom stereocenters. The van der Waals surface area contributed by atoms with Crippen molar-refractivity contribution in [3.05, 3.63) is 77.4 Å². The smallest absolute Gasteiger partial charge is 0.416 e. The van der Waals surface area contributed by atoms with Gasteiger partial charge in [0.05, 0.1) is 33.3 Å². The molecule has 0 amide bonds. The highest BCUT2D eigenvalue weighted by Crippen LogP contribution is 2.35. The third kappa shape index (κ3) is 4.75. The van der Waals surface area contributed by atoms with Crippen LogP contribution in [0.2, 0.25) is 0 Å². The van der Waals surface area contributed by atoms with Crippen LogP contribution in [0.1, 0.15) is 21.5 Å². The summed E-state index contributed by atoms with van der Waals surface area (Å²) in [6.07, 6.45) is -4.45. The maximum atomic E-state index is 12.9. The number of sulfonamides is 1. The van der Waals surface area contributed by atoms with E-state index in [9.17, 15) is 26.4 Å². The van der Waals surface area contributed by atoms with Crippen LogP contribution in [0.4, 0.5) is 18.9 Å². The van der Waals surface area contributed by atoms with Crippen molar-refractivity contribution in [2.45, 2.75) is 18.0 Å². The van der Waals surface area contributed by atoms with Crippen molar-refractivity contribution >= 4 is 43.2 Å². The standard InChI is InChI=1S/C23H17F3N2O4S2/c1-13-3-9-17(12-18(13)22(29)32-2)34(30,31)28-16-7-4-14(5-8-16)21-27-19-11-15(23(24,25)26)6-10-20(19)33-21/h3-12,28H,1-2H3. The number of nitrogens with one attached hydrogen (secondary N) is 1. The Labute approximate surface area is 197 Å². The van der Waals surface area contributed by atoms with Gasteiger partial charge in [0.15, 0.2) is 0 Å². The Balaban J connectivity index is 1.58. The number of nitrogens with zero attached hydrogens (tertiary/aromatic N) is 1. The minimum atomic E-state index is -4.45. The van der Waals surface area contributed by atoms with Crippen LogP contribution in [0.5, 0.6) is 0 Å². The molecule has 0 spiro atoms.